The van der Waals surface area contributed by atoms with E-state index in [9.17, 15) is 0 Å². The van der Waals surface area contributed by atoms with Crippen molar-refractivity contribution in [1.82, 2.24) is 0 Å². The van der Waals surface area contributed by atoms with Gasteiger partial charge in [0.1, 0.15) is 0 Å². The Hall–Kier alpha value is -2.22. The molecule has 0 saturated heterocycles. The van der Waals surface area contributed by atoms with Crippen LogP contribution in [0.1, 0.15) is 101 Å². The summed E-state index contributed by atoms with van der Waals surface area (Å²) in [4.78, 5) is 0. The fourth-order valence-corrected chi connectivity index (χ4v) is 6.87. The Morgan fingerprint density at radius 1 is 0.560 bits per heavy atom. The standard InChI is InChI=1S/2C22H25.C2H6Si.2ClH.Zr/c2*1-5-16-13-18-12-11-17(6-2)22(21(18)14-16)20-10-8-7-9-19(20)15(3)4;1-3-2;;;/h2*7-15H,5-6H2,1-4H3;1-2H3;2*1H;/q2*-1;;;;+4/p-2. The van der Waals surface area contributed by atoms with E-state index in [1.807, 2.05) is 0 Å². The van der Waals surface area contributed by atoms with Gasteiger partial charge in [0.2, 0.25) is 0 Å². The molecule has 6 aromatic rings. The van der Waals surface area contributed by atoms with Gasteiger partial charge in [0.15, 0.2) is 0 Å². The predicted octanol–water partition coefficient (Wildman–Crippen LogP) is 15.1. The normalized spacial score (nSPS) is 10.7. The molecule has 6 aromatic carbocycles. The number of aryl methyl sites for hydroxylation is 4. The van der Waals surface area contributed by atoms with Crippen molar-refractivity contribution in [2.24, 2.45) is 0 Å². The molecule has 0 aliphatic carbocycles. The average molecular weight is 799 g/mol. The van der Waals surface area contributed by atoms with Crippen molar-refractivity contribution < 1.29 is 20.8 Å². The molecule has 0 aromatic heterocycles. The summed E-state index contributed by atoms with van der Waals surface area (Å²) in [6.07, 6.45) is 4.34. The minimum atomic E-state index is -0.826. The van der Waals surface area contributed by atoms with Crippen molar-refractivity contribution >= 4 is 48.1 Å². The van der Waals surface area contributed by atoms with Gasteiger partial charge in [-0.25, -0.2) is 0 Å². The molecule has 0 fully saturated rings. The van der Waals surface area contributed by atoms with Crippen LogP contribution < -0.4 is 0 Å². The number of benzene rings is 4. The van der Waals surface area contributed by atoms with Gasteiger partial charge in [-0.15, -0.1) is 69.1 Å². The number of fused-ring (bicyclic) bond motifs is 2. The molecule has 4 heteroatoms. The van der Waals surface area contributed by atoms with Crippen molar-refractivity contribution in [2.45, 2.75) is 106 Å². The summed E-state index contributed by atoms with van der Waals surface area (Å²) in [5.74, 6) is 1.08. The Balaban J connectivity index is 0.000000234. The monoisotopic (exact) mass is 796 g/mol. The van der Waals surface area contributed by atoms with Crippen LogP contribution in [0.25, 0.3) is 43.8 Å². The quantitative estimate of drug-likeness (QED) is 0.106. The summed E-state index contributed by atoms with van der Waals surface area (Å²) in [5.41, 5.74) is 14.4. The Labute approximate surface area is 325 Å². The summed E-state index contributed by atoms with van der Waals surface area (Å²) in [7, 11) is 11.0. The summed E-state index contributed by atoms with van der Waals surface area (Å²) in [6, 6.07) is 36.5. The van der Waals surface area contributed by atoms with E-state index >= 15 is 0 Å². The summed E-state index contributed by atoms with van der Waals surface area (Å²) in [6.45, 7) is 22.4. The van der Waals surface area contributed by atoms with Crippen LogP contribution in [-0.4, -0.2) is 9.52 Å². The van der Waals surface area contributed by atoms with Gasteiger partial charge in [-0.3, -0.25) is 0 Å². The molecule has 0 unspecified atom stereocenters. The fraction of sp³-hybridized carbons (Fsp3) is 0.348. The zero-order valence-electron chi connectivity index (χ0n) is 32.0. The number of halogens is 2. The van der Waals surface area contributed by atoms with Crippen molar-refractivity contribution in [3.8, 4) is 22.3 Å². The first-order valence-electron chi connectivity index (χ1n) is 18.3. The molecule has 0 saturated carbocycles. The van der Waals surface area contributed by atoms with Gasteiger partial charge < -0.3 is 0 Å². The molecule has 0 N–H and O–H groups in total. The van der Waals surface area contributed by atoms with E-state index in [1.54, 1.807) is 0 Å². The van der Waals surface area contributed by atoms with Crippen LogP contribution in [0.5, 0.6) is 0 Å². The van der Waals surface area contributed by atoms with Crippen LogP contribution in [0.2, 0.25) is 13.1 Å². The summed E-state index contributed by atoms with van der Waals surface area (Å²) in [5, 5.41) is 5.60. The zero-order valence-corrected chi connectivity index (χ0v) is 36.9. The Bertz CT molecular complexity index is 1770. The Kier molecular flexibility index (Phi) is 18.0. The molecule has 0 aliphatic heterocycles. The minimum absolute atomic E-state index is 0.539. The molecule has 0 nitrogen and oxygen atoms in total. The molecule has 50 heavy (non-hydrogen) atoms. The Morgan fingerprint density at radius 2 is 0.900 bits per heavy atom. The summed E-state index contributed by atoms with van der Waals surface area (Å²) >= 11 is -0.826. The molecule has 0 aliphatic rings. The van der Waals surface area contributed by atoms with Crippen LogP contribution in [0.3, 0.4) is 0 Å². The molecular formula is C46H56Cl2SiZr. The molecule has 6 rings (SSSR count). The van der Waals surface area contributed by atoms with Gasteiger partial charge in [0.25, 0.3) is 0 Å². The van der Waals surface area contributed by atoms with E-state index in [1.165, 1.54) is 77.2 Å². The van der Waals surface area contributed by atoms with Crippen LogP contribution in [-0.2, 0) is 46.5 Å². The van der Waals surface area contributed by atoms with Crippen molar-refractivity contribution in [1.29, 1.82) is 0 Å². The van der Waals surface area contributed by atoms with E-state index in [4.69, 9.17) is 17.0 Å². The van der Waals surface area contributed by atoms with Crippen molar-refractivity contribution in [2.75, 3.05) is 0 Å². The topological polar surface area (TPSA) is 0 Å². The van der Waals surface area contributed by atoms with Gasteiger partial charge >= 0.3 is 37.9 Å². The third kappa shape index (κ3) is 10.4. The summed E-state index contributed by atoms with van der Waals surface area (Å²) < 4.78 is 0. The van der Waals surface area contributed by atoms with Gasteiger partial charge in [-0.05, 0) is 59.8 Å². The second-order valence-corrected chi connectivity index (χ2v) is 18.1. The molecule has 0 spiro atoms. The first-order valence-corrected chi connectivity index (χ1v) is 26.6. The third-order valence-corrected chi connectivity index (χ3v) is 9.35. The second-order valence-electron chi connectivity index (χ2n) is 13.4. The molecule has 0 amide bonds. The first kappa shape index (κ1) is 42.2. The SMILES string of the molecule is CCc1cc2c(-c3ccccc3C(C)C)c(CC)ccc2[cH-]1.CCc1cc2c(-c3ccccc3C(C)C)c(CC)ccc2[cH-]1.C[Si]C.[Cl][Zr+2][Cl]. The Morgan fingerprint density at radius 3 is 1.20 bits per heavy atom. The fourth-order valence-electron chi connectivity index (χ4n) is 6.87. The molecule has 0 atom stereocenters. The van der Waals surface area contributed by atoms with E-state index < -0.39 is 20.8 Å². The first-order chi connectivity index (χ1) is 24.1. The van der Waals surface area contributed by atoms with Gasteiger partial charge in [-0.1, -0.05) is 139 Å². The second kappa shape index (κ2) is 21.3. The van der Waals surface area contributed by atoms with E-state index in [0.717, 1.165) is 35.2 Å². The van der Waals surface area contributed by atoms with Gasteiger partial charge in [0.05, 0.1) is 0 Å². The van der Waals surface area contributed by atoms with E-state index in [0.29, 0.717) is 11.8 Å². The average Bonchev–Trinajstić information content (AvgIpc) is 3.76. The van der Waals surface area contributed by atoms with Gasteiger partial charge in [0, 0.05) is 9.52 Å². The van der Waals surface area contributed by atoms with E-state index in [-0.39, 0.29) is 0 Å². The van der Waals surface area contributed by atoms with Crippen LogP contribution in [0.15, 0.2) is 97.1 Å². The third-order valence-electron chi connectivity index (χ3n) is 9.35. The maximum absolute atomic E-state index is 4.93. The molecular weight excluding hydrogens is 743 g/mol. The predicted molar refractivity (Wildman–Crippen MR) is 225 cm³/mol. The molecule has 2 radical (unpaired) electrons. The number of hydrogen-bond acceptors (Lipinski definition) is 0. The van der Waals surface area contributed by atoms with Crippen LogP contribution in [0, 0.1) is 0 Å². The molecule has 0 heterocycles. The number of rotatable bonds is 8. The van der Waals surface area contributed by atoms with Crippen LogP contribution >= 0.6 is 17.0 Å². The molecule has 0 bridgehead atoms. The number of hydrogen-bond donors (Lipinski definition) is 0. The maximum atomic E-state index is 4.93. The van der Waals surface area contributed by atoms with E-state index in [2.05, 4.69) is 166 Å². The van der Waals surface area contributed by atoms with Crippen molar-refractivity contribution in [3.63, 3.8) is 0 Å². The zero-order chi connectivity index (χ0) is 36.8. The van der Waals surface area contributed by atoms with Crippen molar-refractivity contribution in [3.05, 3.63) is 130 Å². The van der Waals surface area contributed by atoms with Gasteiger partial charge in [-0.2, -0.15) is 12.1 Å². The van der Waals surface area contributed by atoms with Crippen LogP contribution in [0.4, 0.5) is 0 Å². The molecule has 262 valence electrons.